The summed E-state index contributed by atoms with van der Waals surface area (Å²) in [6.45, 7) is 5.77. The van der Waals surface area contributed by atoms with E-state index in [0.29, 0.717) is 24.2 Å². The third-order valence-corrected chi connectivity index (χ3v) is 5.34. The predicted octanol–water partition coefficient (Wildman–Crippen LogP) is 3.85. The minimum Gasteiger partial charge on any atom is -0.461 e. The molecule has 0 aromatic heterocycles. The lowest BCUT2D eigenvalue weighted by molar-refractivity contribution is -0.225. The number of Topliss-reactive ketones (excluding diaryl/α,β-unsaturated/α-hetero) is 1. The van der Waals surface area contributed by atoms with Crippen molar-refractivity contribution in [1.29, 1.82) is 0 Å². The zero-order valence-electron chi connectivity index (χ0n) is 15.2. The second-order valence-corrected chi connectivity index (χ2v) is 8.61. The summed E-state index contributed by atoms with van der Waals surface area (Å²) in [5.74, 6) is -2.92. The largest absolute Gasteiger partial charge is 0.461 e. The minimum absolute atomic E-state index is 0.00661. The van der Waals surface area contributed by atoms with Crippen LogP contribution in [-0.2, 0) is 19.1 Å². The van der Waals surface area contributed by atoms with Gasteiger partial charge in [-0.25, -0.2) is 4.79 Å². The number of carbonyl (C=O) groups is 2. The van der Waals surface area contributed by atoms with Crippen molar-refractivity contribution in [2.45, 2.75) is 51.7 Å². The molecule has 0 radical (unpaired) electrons. The molecule has 1 aromatic rings. The minimum atomic E-state index is -2.09. The van der Waals surface area contributed by atoms with Gasteiger partial charge in [0, 0.05) is 35.2 Å². The lowest BCUT2D eigenvalue weighted by atomic mass is 9.70. The number of esters is 1. The normalized spacial score (nSPS) is 27.6. The summed E-state index contributed by atoms with van der Waals surface area (Å²) in [5.41, 5.74) is 1.13. The Balaban J connectivity index is 2.10. The fourth-order valence-electron chi connectivity index (χ4n) is 3.76. The maximum atomic E-state index is 12.9. The second kappa shape index (κ2) is 6.82. The Hall–Kier alpha value is -1.66. The Bertz CT molecular complexity index is 782. The number of ether oxygens (including phenoxy) is 2. The van der Waals surface area contributed by atoms with Gasteiger partial charge < -0.3 is 14.6 Å². The van der Waals surface area contributed by atoms with E-state index in [1.165, 1.54) is 0 Å². The van der Waals surface area contributed by atoms with Crippen LogP contribution in [0.5, 0.6) is 0 Å². The molecule has 0 fully saturated rings. The van der Waals surface area contributed by atoms with E-state index in [2.05, 4.69) is 15.9 Å². The van der Waals surface area contributed by atoms with Crippen molar-refractivity contribution in [2.24, 2.45) is 5.41 Å². The molecule has 0 bridgehead atoms. The zero-order chi connectivity index (χ0) is 19.1. The van der Waals surface area contributed by atoms with Gasteiger partial charge in [0.1, 0.15) is 5.76 Å². The molecule has 3 rings (SSSR count). The number of hydrogen-bond acceptors (Lipinski definition) is 5. The van der Waals surface area contributed by atoms with Crippen molar-refractivity contribution < 1.29 is 24.2 Å². The fraction of sp³-hybridized carbons (Fsp3) is 0.500. The lowest BCUT2D eigenvalue weighted by Crippen LogP contribution is -2.49. The topological polar surface area (TPSA) is 72.8 Å². The number of rotatable bonds is 3. The zero-order valence-corrected chi connectivity index (χ0v) is 16.8. The molecular weight excluding hydrogens is 400 g/mol. The summed E-state index contributed by atoms with van der Waals surface area (Å²) in [6, 6.07) is 7.56. The number of ketones is 1. The first kappa shape index (κ1) is 19.1. The third-order valence-electron chi connectivity index (χ3n) is 4.85. The first-order valence-electron chi connectivity index (χ1n) is 8.75. The smallest absolute Gasteiger partial charge is 0.379 e. The standard InChI is InChI=1S/C20H23BrO5/c1-4-25-18(23)20(24)9-14(12-6-5-7-13(21)8-12)17-15(22)10-19(2,3)11-16(17)26-20/h5-8,14,24H,4,9-11H2,1-3H3/t14-,20?/m0/s1. The lowest BCUT2D eigenvalue weighted by Gasteiger charge is -2.42. The van der Waals surface area contributed by atoms with Crippen LogP contribution in [0.25, 0.3) is 0 Å². The molecule has 1 heterocycles. The number of halogens is 1. The van der Waals surface area contributed by atoms with Crippen molar-refractivity contribution in [1.82, 2.24) is 0 Å². The van der Waals surface area contributed by atoms with Gasteiger partial charge in [0.15, 0.2) is 5.78 Å². The highest BCUT2D eigenvalue weighted by Crippen LogP contribution is 2.49. The van der Waals surface area contributed by atoms with Crippen LogP contribution < -0.4 is 0 Å². The van der Waals surface area contributed by atoms with Gasteiger partial charge in [-0.3, -0.25) is 4.79 Å². The van der Waals surface area contributed by atoms with E-state index >= 15 is 0 Å². The van der Waals surface area contributed by atoms with E-state index in [9.17, 15) is 14.7 Å². The molecular formula is C20H23BrO5. The molecule has 2 aliphatic rings. The van der Waals surface area contributed by atoms with Gasteiger partial charge in [-0.05, 0) is 30.0 Å². The summed E-state index contributed by atoms with van der Waals surface area (Å²) in [7, 11) is 0. The summed E-state index contributed by atoms with van der Waals surface area (Å²) >= 11 is 3.45. The van der Waals surface area contributed by atoms with Gasteiger partial charge in [0.2, 0.25) is 0 Å². The highest BCUT2D eigenvalue weighted by Gasteiger charge is 2.52. The van der Waals surface area contributed by atoms with Crippen molar-refractivity contribution in [2.75, 3.05) is 6.61 Å². The Labute approximate surface area is 161 Å². The molecule has 1 N–H and O–H groups in total. The van der Waals surface area contributed by atoms with E-state index in [1.54, 1.807) is 6.92 Å². The Morgan fingerprint density at radius 2 is 2.12 bits per heavy atom. The van der Waals surface area contributed by atoms with Crippen molar-refractivity contribution in [3.8, 4) is 0 Å². The van der Waals surface area contributed by atoms with E-state index in [0.717, 1.165) is 10.0 Å². The number of allylic oxidation sites excluding steroid dienone is 2. The van der Waals surface area contributed by atoms with Crippen molar-refractivity contribution in [3.05, 3.63) is 45.6 Å². The van der Waals surface area contributed by atoms with Gasteiger partial charge >= 0.3 is 11.8 Å². The van der Waals surface area contributed by atoms with Gasteiger partial charge in [-0.15, -0.1) is 0 Å². The van der Waals surface area contributed by atoms with Crippen LogP contribution in [0, 0.1) is 5.41 Å². The first-order valence-corrected chi connectivity index (χ1v) is 9.55. The van der Waals surface area contributed by atoms with Gasteiger partial charge in [0.25, 0.3) is 0 Å². The Kier molecular flexibility index (Phi) is 5.01. The molecule has 6 heteroatoms. The molecule has 1 aliphatic carbocycles. The van der Waals surface area contributed by atoms with Crippen LogP contribution in [-0.4, -0.2) is 29.3 Å². The van der Waals surface area contributed by atoms with Crippen molar-refractivity contribution >= 4 is 27.7 Å². The molecule has 5 nitrogen and oxygen atoms in total. The summed E-state index contributed by atoms with van der Waals surface area (Å²) in [4.78, 5) is 25.2. The van der Waals surface area contributed by atoms with Crippen LogP contribution in [0.4, 0.5) is 0 Å². The van der Waals surface area contributed by atoms with Crippen molar-refractivity contribution in [3.63, 3.8) is 0 Å². The van der Waals surface area contributed by atoms with Crippen LogP contribution in [0.2, 0.25) is 0 Å². The molecule has 0 spiro atoms. The molecule has 0 saturated carbocycles. The maximum absolute atomic E-state index is 12.9. The average Bonchev–Trinajstić information content (AvgIpc) is 2.52. The van der Waals surface area contributed by atoms with Crippen LogP contribution in [0.15, 0.2) is 40.1 Å². The summed E-state index contributed by atoms with van der Waals surface area (Å²) < 4.78 is 11.6. The number of hydrogen-bond donors (Lipinski definition) is 1. The molecule has 2 atom stereocenters. The molecule has 1 unspecified atom stereocenters. The Morgan fingerprint density at radius 1 is 1.38 bits per heavy atom. The van der Waals surface area contributed by atoms with E-state index in [1.807, 2.05) is 38.1 Å². The molecule has 140 valence electrons. The second-order valence-electron chi connectivity index (χ2n) is 7.70. The van der Waals surface area contributed by atoms with Crippen LogP contribution in [0.1, 0.15) is 51.5 Å². The number of benzene rings is 1. The number of carbonyl (C=O) groups excluding carboxylic acids is 2. The summed E-state index contributed by atoms with van der Waals surface area (Å²) in [5, 5.41) is 10.9. The number of aliphatic hydroxyl groups is 1. The molecule has 26 heavy (non-hydrogen) atoms. The van der Waals surface area contributed by atoms with Gasteiger partial charge in [-0.2, -0.15) is 0 Å². The highest BCUT2D eigenvalue weighted by molar-refractivity contribution is 9.10. The monoisotopic (exact) mass is 422 g/mol. The summed E-state index contributed by atoms with van der Waals surface area (Å²) in [6.07, 6.45) is 0.852. The average molecular weight is 423 g/mol. The quantitative estimate of drug-likeness (QED) is 0.748. The molecule has 1 aromatic carbocycles. The van der Waals surface area contributed by atoms with E-state index < -0.39 is 17.7 Å². The molecule has 0 saturated heterocycles. The van der Waals surface area contributed by atoms with Crippen LogP contribution >= 0.6 is 15.9 Å². The van der Waals surface area contributed by atoms with E-state index in [4.69, 9.17) is 9.47 Å². The predicted molar refractivity (Wildman–Crippen MR) is 99.2 cm³/mol. The van der Waals surface area contributed by atoms with Crippen LogP contribution in [0.3, 0.4) is 0 Å². The van der Waals surface area contributed by atoms with Gasteiger partial charge in [-0.1, -0.05) is 41.9 Å². The third kappa shape index (κ3) is 3.58. The van der Waals surface area contributed by atoms with E-state index in [-0.39, 0.29) is 24.2 Å². The van der Waals surface area contributed by atoms with Gasteiger partial charge in [0.05, 0.1) is 6.61 Å². The molecule has 1 aliphatic heterocycles. The SMILES string of the molecule is CCOC(=O)C1(O)C[C@@H](c2cccc(Br)c2)C2=C(CC(C)(C)CC2=O)O1. The molecule has 0 amide bonds. The Morgan fingerprint density at radius 3 is 2.77 bits per heavy atom. The first-order chi connectivity index (χ1) is 12.1. The fourth-order valence-corrected chi connectivity index (χ4v) is 4.18. The maximum Gasteiger partial charge on any atom is 0.379 e. The highest BCUT2D eigenvalue weighted by atomic mass is 79.9.